The number of ketones is 1. The fourth-order valence-electron chi connectivity index (χ4n) is 2.64. The van der Waals surface area contributed by atoms with E-state index in [0.717, 1.165) is 21.3 Å². The number of nitrogen functional groups attached to an aromatic ring is 1. The Balaban J connectivity index is 0.00000225. The molecule has 0 atom stereocenters. The second kappa shape index (κ2) is 7.97. The maximum absolute atomic E-state index is 12.5. The van der Waals surface area contributed by atoms with Crippen molar-refractivity contribution in [2.75, 3.05) is 5.73 Å². The summed E-state index contributed by atoms with van der Waals surface area (Å²) >= 11 is 3.48. The molecule has 2 aromatic carbocycles. The van der Waals surface area contributed by atoms with E-state index in [9.17, 15) is 4.79 Å². The van der Waals surface area contributed by atoms with Crippen LogP contribution in [0.3, 0.4) is 0 Å². The van der Waals surface area contributed by atoms with Crippen molar-refractivity contribution < 1.29 is 26.3 Å². The zero-order valence-corrected chi connectivity index (χ0v) is 17.2. The van der Waals surface area contributed by atoms with E-state index in [0.29, 0.717) is 11.5 Å². The van der Waals surface area contributed by atoms with Gasteiger partial charge in [0, 0.05) is 15.6 Å². The van der Waals surface area contributed by atoms with E-state index in [1.807, 2.05) is 73.3 Å². The average Bonchev–Trinajstić information content (AvgIpc) is 2.84. The average molecular weight is 465 g/mol. The topological polar surface area (TPSA) is 51.9 Å². The molecule has 0 saturated heterocycles. The van der Waals surface area contributed by atoms with E-state index in [1.165, 1.54) is 0 Å². The lowest BCUT2D eigenvalue weighted by Gasteiger charge is -2.01. The number of carbonyl (C=O) groups is 1. The Bertz CT molecular complexity index is 902. The van der Waals surface area contributed by atoms with Gasteiger partial charge < -0.3 is 17.0 Å². The summed E-state index contributed by atoms with van der Waals surface area (Å²) in [6, 6.07) is 15.6. The zero-order valence-electron chi connectivity index (χ0n) is 14.0. The minimum absolute atomic E-state index is 0. The van der Waals surface area contributed by atoms with Crippen molar-refractivity contribution in [2.24, 2.45) is 7.05 Å². The number of nitrogens with zero attached hydrogens (tertiary/aromatic N) is 2. The Kier molecular flexibility index (Phi) is 6.19. The predicted octanol–water partition coefficient (Wildman–Crippen LogP) is 0.520. The molecule has 4 nitrogen and oxygen atoms in total. The molecule has 0 aliphatic rings. The molecule has 0 aliphatic carbocycles. The van der Waals surface area contributed by atoms with Gasteiger partial charge in [-0.15, -0.1) is 0 Å². The summed E-state index contributed by atoms with van der Waals surface area (Å²) in [7, 11) is 1.90. The van der Waals surface area contributed by atoms with Crippen molar-refractivity contribution in [3.05, 3.63) is 70.3 Å². The summed E-state index contributed by atoms with van der Waals surface area (Å²) in [5.74, 6) is 0.587. The number of carbonyl (C=O) groups excluding carboxylic acids is 1. The van der Waals surface area contributed by atoms with Gasteiger partial charge in [-0.05, 0) is 19.1 Å². The first-order valence-corrected chi connectivity index (χ1v) is 8.45. The van der Waals surface area contributed by atoms with E-state index in [4.69, 9.17) is 5.73 Å². The predicted molar refractivity (Wildman–Crippen MR) is 98.7 cm³/mol. The number of hydrogen-bond donors (Lipinski definition) is 1. The molecule has 0 aliphatic heterocycles. The molecule has 1 heterocycles. The highest BCUT2D eigenvalue weighted by molar-refractivity contribution is 9.10. The van der Waals surface area contributed by atoms with Gasteiger partial charge in [-0.3, -0.25) is 10.5 Å². The minimum Gasteiger partial charge on any atom is -1.00 e. The Morgan fingerprint density at radius 2 is 1.88 bits per heavy atom. The van der Waals surface area contributed by atoms with Crippen molar-refractivity contribution in [3.63, 3.8) is 0 Å². The van der Waals surface area contributed by atoms with Crippen LogP contribution in [0.4, 0.5) is 5.95 Å². The number of hydrogen-bond acceptors (Lipinski definition) is 2. The number of benzene rings is 2. The highest BCUT2D eigenvalue weighted by Crippen LogP contribution is 2.23. The first-order chi connectivity index (χ1) is 11.5. The number of imidazole rings is 1. The molecule has 6 heteroatoms. The van der Waals surface area contributed by atoms with Crippen LogP contribution >= 0.6 is 15.9 Å². The van der Waals surface area contributed by atoms with Crippen LogP contribution < -0.4 is 27.3 Å². The minimum atomic E-state index is 0. The fourth-order valence-corrected chi connectivity index (χ4v) is 3.04. The first kappa shape index (κ1) is 19.4. The fraction of sp³-hybridized carbons (Fsp3) is 0.158. The summed E-state index contributed by atoms with van der Waals surface area (Å²) in [6.07, 6.45) is 1.92. The maximum atomic E-state index is 12.5. The molecule has 2 N–H and O–H groups in total. The van der Waals surface area contributed by atoms with Crippen molar-refractivity contribution in [1.82, 2.24) is 4.57 Å². The van der Waals surface area contributed by atoms with Gasteiger partial charge in [0.1, 0.15) is 18.4 Å². The Morgan fingerprint density at radius 1 is 1.20 bits per heavy atom. The molecule has 0 bridgehead atoms. The van der Waals surface area contributed by atoms with E-state index in [-0.39, 0.29) is 29.3 Å². The van der Waals surface area contributed by atoms with Gasteiger partial charge in [0.05, 0.1) is 7.05 Å². The van der Waals surface area contributed by atoms with Crippen molar-refractivity contribution in [2.45, 2.75) is 13.5 Å². The monoisotopic (exact) mass is 463 g/mol. The third-order valence-corrected chi connectivity index (χ3v) is 4.58. The van der Waals surface area contributed by atoms with Crippen molar-refractivity contribution in [1.29, 1.82) is 0 Å². The third kappa shape index (κ3) is 4.19. The van der Waals surface area contributed by atoms with Gasteiger partial charge in [-0.25, -0.2) is 9.13 Å². The quantitative estimate of drug-likeness (QED) is 0.452. The summed E-state index contributed by atoms with van der Waals surface area (Å²) in [6.45, 7) is 2.22. The lowest BCUT2D eigenvalue weighted by Crippen LogP contribution is -3.00. The molecular formula is C19H19Br2N3O. The SMILES string of the molecule is Cc1ccc(C(=O)C[n+]2cc(-c3cccc(Br)c3)n(C)c2N)cc1.[Br-]. The van der Waals surface area contributed by atoms with Gasteiger partial charge in [0.15, 0.2) is 5.78 Å². The third-order valence-electron chi connectivity index (χ3n) is 4.09. The number of anilines is 1. The maximum Gasteiger partial charge on any atom is 0.355 e. The van der Waals surface area contributed by atoms with Gasteiger partial charge in [0.25, 0.3) is 0 Å². The molecule has 3 rings (SSSR count). The van der Waals surface area contributed by atoms with Crippen LogP contribution in [0.5, 0.6) is 0 Å². The largest absolute Gasteiger partial charge is 1.00 e. The van der Waals surface area contributed by atoms with E-state index < -0.39 is 0 Å². The smallest absolute Gasteiger partial charge is 0.355 e. The van der Waals surface area contributed by atoms with Gasteiger partial charge in [-0.1, -0.05) is 57.9 Å². The number of aromatic nitrogens is 2. The normalized spacial score (nSPS) is 10.4. The Hall–Kier alpha value is -1.92. The Morgan fingerprint density at radius 3 is 2.52 bits per heavy atom. The first-order valence-electron chi connectivity index (χ1n) is 7.66. The second-order valence-electron chi connectivity index (χ2n) is 5.86. The Labute approximate surface area is 166 Å². The molecular weight excluding hydrogens is 446 g/mol. The standard InChI is InChI=1S/C19H18BrN3O.BrH/c1-13-6-8-14(9-7-13)18(24)12-23-11-17(22(2)19(23)21)15-4-3-5-16(20)10-15;/h3-11,21H,12H2,1-2H3;1H. The number of nitrogens with two attached hydrogens (primary N) is 1. The zero-order chi connectivity index (χ0) is 17.3. The van der Waals surface area contributed by atoms with Crippen LogP contribution in [0.1, 0.15) is 15.9 Å². The molecule has 0 saturated carbocycles. The summed E-state index contributed by atoms with van der Waals surface area (Å²) < 4.78 is 4.69. The number of rotatable bonds is 4. The summed E-state index contributed by atoms with van der Waals surface area (Å²) in [5, 5.41) is 0. The molecule has 0 spiro atoms. The van der Waals surface area contributed by atoms with Crippen LogP contribution in [0.25, 0.3) is 11.3 Å². The second-order valence-corrected chi connectivity index (χ2v) is 6.77. The molecule has 0 fully saturated rings. The molecule has 1 aromatic heterocycles. The van der Waals surface area contributed by atoms with E-state index >= 15 is 0 Å². The number of halogens is 2. The van der Waals surface area contributed by atoms with Crippen molar-refractivity contribution >= 4 is 27.7 Å². The van der Waals surface area contributed by atoms with Crippen LogP contribution in [0.2, 0.25) is 0 Å². The van der Waals surface area contributed by atoms with Crippen LogP contribution in [0.15, 0.2) is 59.2 Å². The van der Waals surface area contributed by atoms with E-state index in [1.54, 1.807) is 4.57 Å². The molecule has 130 valence electrons. The summed E-state index contributed by atoms with van der Waals surface area (Å²) in [5.41, 5.74) is 10.0. The number of aryl methyl sites for hydroxylation is 1. The summed E-state index contributed by atoms with van der Waals surface area (Å²) in [4.78, 5) is 12.5. The van der Waals surface area contributed by atoms with Gasteiger partial charge in [0.2, 0.25) is 0 Å². The van der Waals surface area contributed by atoms with Crippen LogP contribution in [-0.4, -0.2) is 10.4 Å². The van der Waals surface area contributed by atoms with E-state index in [2.05, 4.69) is 15.9 Å². The van der Waals surface area contributed by atoms with Gasteiger partial charge >= 0.3 is 5.95 Å². The van der Waals surface area contributed by atoms with Gasteiger partial charge in [-0.2, -0.15) is 0 Å². The number of Topliss-reactive ketones (excluding diaryl/α,β-unsaturated/α-hetero) is 1. The highest BCUT2D eigenvalue weighted by atomic mass is 79.9. The molecule has 0 amide bonds. The van der Waals surface area contributed by atoms with Crippen LogP contribution in [-0.2, 0) is 13.6 Å². The molecule has 0 unspecified atom stereocenters. The highest BCUT2D eigenvalue weighted by Gasteiger charge is 2.20. The lowest BCUT2D eigenvalue weighted by atomic mass is 10.1. The van der Waals surface area contributed by atoms with Crippen LogP contribution in [0, 0.1) is 6.92 Å². The molecule has 0 radical (unpaired) electrons. The lowest BCUT2D eigenvalue weighted by molar-refractivity contribution is -0.667. The molecule has 3 aromatic rings. The van der Waals surface area contributed by atoms with Crippen molar-refractivity contribution in [3.8, 4) is 11.3 Å². The molecule has 25 heavy (non-hydrogen) atoms.